The van der Waals surface area contributed by atoms with Gasteiger partial charge in [-0.3, -0.25) is 0 Å². The van der Waals surface area contributed by atoms with Crippen molar-refractivity contribution >= 4 is 17.3 Å². The fourth-order valence-corrected chi connectivity index (χ4v) is 1.87. The van der Waals surface area contributed by atoms with E-state index in [-0.39, 0.29) is 5.69 Å². The zero-order chi connectivity index (χ0) is 17.0. The van der Waals surface area contributed by atoms with Crippen LogP contribution in [-0.2, 0) is 4.74 Å². The summed E-state index contributed by atoms with van der Waals surface area (Å²) in [6.07, 6.45) is 1.50. The number of carbonyl (C=O) groups is 1. The molecule has 0 aliphatic carbocycles. The fourth-order valence-electron chi connectivity index (χ4n) is 1.87. The lowest BCUT2D eigenvalue weighted by Crippen LogP contribution is -2.24. The summed E-state index contributed by atoms with van der Waals surface area (Å²) >= 11 is 0. The Labute approximate surface area is 135 Å². The summed E-state index contributed by atoms with van der Waals surface area (Å²) in [6, 6.07) is 8.50. The second-order valence-electron chi connectivity index (χ2n) is 5.98. The van der Waals surface area contributed by atoms with E-state index in [0.717, 1.165) is 5.69 Å². The number of nitrogens with two attached hydrogens (primary N) is 1. The average Bonchev–Trinajstić information content (AvgIpc) is 2.48. The second kappa shape index (κ2) is 6.56. The lowest BCUT2D eigenvalue weighted by Gasteiger charge is -2.19. The molecule has 0 radical (unpaired) electrons. The van der Waals surface area contributed by atoms with Crippen molar-refractivity contribution in [1.82, 2.24) is 4.98 Å². The van der Waals surface area contributed by atoms with Crippen LogP contribution in [0.1, 0.15) is 31.3 Å². The van der Waals surface area contributed by atoms with Crippen LogP contribution in [0.15, 0.2) is 36.5 Å². The molecule has 3 N–H and O–H groups in total. The van der Waals surface area contributed by atoms with Gasteiger partial charge in [-0.25, -0.2) is 9.78 Å². The molecular weight excluding hydrogens is 294 g/mol. The summed E-state index contributed by atoms with van der Waals surface area (Å²) in [6.45, 7) is 5.41. The number of aromatic nitrogens is 1. The minimum absolute atomic E-state index is 0.196. The van der Waals surface area contributed by atoms with Crippen molar-refractivity contribution in [1.29, 1.82) is 0 Å². The number of pyridine rings is 1. The molecule has 0 amide bonds. The van der Waals surface area contributed by atoms with Crippen LogP contribution >= 0.6 is 0 Å². The summed E-state index contributed by atoms with van der Waals surface area (Å²) in [4.78, 5) is 16.1. The monoisotopic (exact) mass is 315 g/mol. The molecule has 122 valence electrons. The van der Waals surface area contributed by atoms with Crippen molar-refractivity contribution in [2.45, 2.75) is 26.4 Å². The van der Waals surface area contributed by atoms with E-state index in [1.165, 1.54) is 6.20 Å². The third-order valence-corrected chi connectivity index (χ3v) is 2.87. The number of hydrogen-bond donors (Lipinski definition) is 2. The van der Waals surface area contributed by atoms with Crippen LogP contribution in [0.5, 0.6) is 11.5 Å². The average molecular weight is 315 g/mol. The number of hydrogen-bond acceptors (Lipinski definition) is 6. The van der Waals surface area contributed by atoms with Crippen LogP contribution in [0.4, 0.5) is 11.4 Å². The van der Waals surface area contributed by atoms with Gasteiger partial charge in [0.1, 0.15) is 17.1 Å². The Balaban J connectivity index is 2.19. The number of anilines is 2. The molecule has 0 unspecified atom stereocenters. The van der Waals surface area contributed by atoms with Gasteiger partial charge in [-0.05, 0) is 39.0 Å². The fraction of sp³-hybridized carbons (Fsp3) is 0.294. The molecule has 0 aliphatic rings. The normalized spacial score (nSPS) is 11.0. The van der Waals surface area contributed by atoms with Gasteiger partial charge >= 0.3 is 5.97 Å². The maximum Gasteiger partial charge on any atom is 0.357 e. The smallest absolute Gasteiger partial charge is 0.357 e. The first-order chi connectivity index (χ1) is 10.8. The number of esters is 1. The van der Waals surface area contributed by atoms with Gasteiger partial charge < -0.3 is 20.5 Å². The highest BCUT2D eigenvalue weighted by Crippen LogP contribution is 2.28. The molecule has 0 aliphatic heterocycles. The number of nitrogens with zero attached hydrogens (tertiary/aromatic N) is 1. The van der Waals surface area contributed by atoms with Crippen LogP contribution in [0, 0.1) is 0 Å². The molecule has 0 bridgehead atoms. The van der Waals surface area contributed by atoms with Crippen LogP contribution in [0.3, 0.4) is 0 Å². The Morgan fingerprint density at radius 2 is 1.87 bits per heavy atom. The predicted molar refractivity (Wildman–Crippen MR) is 89.9 cm³/mol. The van der Waals surface area contributed by atoms with Gasteiger partial charge in [-0.1, -0.05) is 0 Å². The maximum absolute atomic E-state index is 12.0. The first-order valence-electron chi connectivity index (χ1n) is 7.23. The third-order valence-electron chi connectivity index (χ3n) is 2.87. The molecule has 6 heteroatoms. The first kappa shape index (κ1) is 16.6. The van der Waals surface area contributed by atoms with Gasteiger partial charge in [-0.15, -0.1) is 0 Å². The zero-order valence-electron chi connectivity index (χ0n) is 13.7. The van der Waals surface area contributed by atoms with E-state index in [4.69, 9.17) is 15.2 Å². The van der Waals surface area contributed by atoms with Crippen LogP contribution in [-0.4, -0.2) is 23.6 Å². The molecule has 2 aromatic rings. The van der Waals surface area contributed by atoms with Crippen molar-refractivity contribution in [3.05, 3.63) is 42.2 Å². The summed E-state index contributed by atoms with van der Waals surface area (Å²) < 4.78 is 11.1. The number of benzene rings is 1. The van der Waals surface area contributed by atoms with Crippen molar-refractivity contribution in [2.75, 3.05) is 18.1 Å². The summed E-state index contributed by atoms with van der Waals surface area (Å²) in [5.41, 5.74) is 6.84. The topological polar surface area (TPSA) is 86.5 Å². The summed E-state index contributed by atoms with van der Waals surface area (Å²) in [5.74, 6) is 0.605. The molecule has 1 aromatic heterocycles. The Bertz CT molecular complexity index is 708. The van der Waals surface area contributed by atoms with E-state index >= 15 is 0 Å². The number of ether oxygens (including phenoxy) is 2. The number of rotatable bonds is 4. The Kier molecular flexibility index (Phi) is 4.74. The van der Waals surface area contributed by atoms with Gasteiger partial charge in [0, 0.05) is 25.4 Å². The molecule has 0 fully saturated rings. The van der Waals surface area contributed by atoms with Gasteiger partial charge in [-0.2, -0.15) is 0 Å². The standard InChI is InChI=1S/C17H21N3O3/c1-17(2,3)23-16(21)15-10-12(7-8-20-15)22-11-5-6-13(18)14(9-11)19-4/h5-10,19H,18H2,1-4H3. The number of carbonyl (C=O) groups excluding carboxylic acids is 1. The molecule has 6 nitrogen and oxygen atoms in total. The van der Waals surface area contributed by atoms with E-state index in [0.29, 0.717) is 17.2 Å². The lowest BCUT2D eigenvalue weighted by molar-refractivity contribution is 0.00625. The largest absolute Gasteiger partial charge is 0.457 e. The molecule has 1 heterocycles. The lowest BCUT2D eigenvalue weighted by atomic mass is 10.2. The number of nitrogen functional groups attached to an aromatic ring is 1. The van der Waals surface area contributed by atoms with E-state index in [1.807, 2.05) is 0 Å². The SMILES string of the molecule is CNc1cc(Oc2ccnc(C(=O)OC(C)(C)C)c2)ccc1N. The van der Waals surface area contributed by atoms with Crippen LogP contribution < -0.4 is 15.8 Å². The van der Waals surface area contributed by atoms with Crippen molar-refractivity contribution < 1.29 is 14.3 Å². The Morgan fingerprint density at radius 1 is 1.17 bits per heavy atom. The molecule has 1 aromatic carbocycles. The molecule has 0 spiro atoms. The van der Waals surface area contributed by atoms with Gasteiger partial charge in [0.2, 0.25) is 0 Å². The van der Waals surface area contributed by atoms with E-state index < -0.39 is 11.6 Å². The van der Waals surface area contributed by atoms with Gasteiger partial charge in [0.25, 0.3) is 0 Å². The maximum atomic E-state index is 12.0. The Morgan fingerprint density at radius 3 is 2.52 bits per heavy atom. The Hall–Kier alpha value is -2.76. The van der Waals surface area contributed by atoms with Gasteiger partial charge in [0.15, 0.2) is 5.69 Å². The van der Waals surface area contributed by atoms with Crippen LogP contribution in [0.2, 0.25) is 0 Å². The molecule has 2 rings (SSSR count). The summed E-state index contributed by atoms with van der Waals surface area (Å²) in [5, 5.41) is 2.99. The third kappa shape index (κ3) is 4.60. The molecule has 0 saturated carbocycles. The molecule has 0 saturated heterocycles. The van der Waals surface area contributed by atoms with E-state index in [2.05, 4.69) is 10.3 Å². The minimum atomic E-state index is -0.575. The van der Waals surface area contributed by atoms with Crippen molar-refractivity contribution in [3.63, 3.8) is 0 Å². The van der Waals surface area contributed by atoms with E-state index in [1.54, 1.807) is 58.2 Å². The highest BCUT2D eigenvalue weighted by molar-refractivity contribution is 5.87. The highest BCUT2D eigenvalue weighted by atomic mass is 16.6. The quantitative estimate of drug-likeness (QED) is 0.664. The van der Waals surface area contributed by atoms with Crippen LogP contribution in [0.25, 0.3) is 0 Å². The van der Waals surface area contributed by atoms with Crippen molar-refractivity contribution in [3.8, 4) is 11.5 Å². The van der Waals surface area contributed by atoms with Crippen molar-refractivity contribution in [2.24, 2.45) is 0 Å². The first-order valence-corrected chi connectivity index (χ1v) is 7.23. The summed E-state index contributed by atoms with van der Waals surface area (Å²) in [7, 11) is 1.78. The zero-order valence-corrected chi connectivity index (χ0v) is 13.7. The molecular formula is C17H21N3O3. The highest BCUT2D eigenvalue weighted by Gasteiger charge is 2.19. The van der Waals surface area contributed by atoms with Gasteiger partial charge in [0.05, 0.1) is 11.4 Å². The van der Waals surface area contributed by atoms with E-state index in [9.17, 15) is 4.79 Å². The molecule has 23 heavy (non-hydrogen) atoms. The molecule has 0 atom stereocenters. The number of nitrogens with one attached hydrogen (secondary N) is 1. The second-order valence-corrected chi connectivity index (χ2v) is 5.98. The minimum Gasteiger partial charge on any atom is -0.457 e. The predicted octanol–water partition coefficient (Wildman–Crippen LogP) is 3.45.